The summed E-state index contributed by atoms with van der Waals surface area (Å²) in [7, 11) is 0. The monoisotopic (exact) mass is 326 g/mol. The number of allylic oxidation sites excluding steroid dienone is 4. The molecule has 0 spiro atoms. The maximum Gasteiger partial charge on any atom is 0.236 e. The van der Waals surface area contributed by atoms with Crippen molar-refractivity contribution in [3.05, 3.63) is 95.6 Å². The zero-order valence-electron chi connectivity index (χ0n) is 13.8. The molecular formula is C23H18O2. The highest BCUT2D eigenvalue weighted by Crippen LogP contribution is 2.14. The van der Waals surface area contributed by atoms with Crippen molar-refractivity contribution in [1.82, 2.24) is 0 Å². The summed E-state index contributed by atoms with van der Waals surface area (Å²) in [6.45, 7) is 0. The van der Waals surface area contributed by atoms with Crippen LogP contribution in [0.5, 0.6) is 0 Å². The molecule has 0 N–H and O–H groups in total. The van der Waals surface area contributed by atoms with Gasteiger partial charge in [0, 0.05) is 17.5 Å². The fourth-order valence-corrected chi connectivity index (χ4v) is 2.63. The molecule has 0 fully saturated rings. The Morgan fingerprint density at radius 3 is 2.24 bits per heavy atom. The number of benzene rings is 2. The van der Waals surface area contributed by atoms with Gasteiger partial charge < -0.3 is 0 Å². The third kappa shape index (κ3) is 4.65. The predicted octanol–water partition coefficient (Wildman–Crippen LogP) is 4.16. The molecule has 0 aliphatic heterocycles. The Bertz CT molecular complexity index is 863. The molecule has 0 amide bonds. The first-order valence-corrected chi connectivity index (χ1v) is 8.30. The topological polar surface area (TPSA) is 34.1 Å². The van der Waals surface area contributed by atoms with E-state index in [1.165, 1.54) is 0 Å². The fraction of sp³-hybridized carbons (Fsp3) is 0.130. The van der Waals surface area contributed by atoms with Crippen molar-refractivity contribution in [2.45, 2.75) is 12.8 Å². The zero-order chi connectivity index (χ0) is 17.5. The molecule has 0 radical (unpaired) electrons. The molecule has 2 nitrogen and oxygen atoms in total. The van der Waals surface area contributed by atoms with E-state index in [0.717, 1.165) is 11.1 Å². The summed E-state index contributed by atoms with van der Waals surface area (Å²) in [5, 5.41) is 0. The van der Waals surface area contributed by atoms with Crippen molar-refractivity contribution >= 4 is 11.6 Å². The highest BCUT2D eigenvalue weighted by Gasteiger charge is 2.13. The lowest BCUT2D eigenvalue weighted by atomic mass is 9.98. The summed E-state index contributed by atoms with van der Waals surface area (Å²) >= 11 is 0. The maximum absolute atomic E-state index is 12.1. The number of ketones is 2. The molecule has 0 atom stereocenters. The van der Waals surface area contributed by atoms with Crippen LogP contribution in [0.25, 0.3) is 0 Å². The minimum Gasteiger partial charge on any atom is -0.299 e. The average molecular weight is 326 g/mol. The van der Waals surface area contributed by atoms with Crippen LogP contribution in [0.3, 0.4) is 0 Å². The molecule has 25 heavy (non-hydrogen) atoms. The van der Waals surface area contributed by atoms with Crippen molar-refractivity contribution in [1.29, 1.82) is 0 Å². The average Bonchev–Trinajstić information content (AvgIpc) is 3.20. The second-order valence-corrected chi connectivity index (χ2v) is 5.90. The van der Waals surface area contributed by atoms with Gasteiger partial charge >= 0.3 is 0 Å². The Hall–Kier alpha value is -3.18. The Morgan fingerprint density at radius 1 is 0.880 bits per heavy atom. The molecule has 1 aliphatic carbocycles. The smallest absolute Gasteiger partial charge is 0.236 e. The lowest BCUT2D eigenvalue weighted by Crippen LogP contribution is -2.09. The Balaban J connectivity index is 1.57. The van der Waals surface area contributed by atoms with Crippen LogP contribution in [0, 0.1) is 17.8 Å². The number of hydrogen-bond acceptors (Lipinski definition) is 2. The van der Waals surface area contributed by atoms with E-state index in [9.17, 15) is 9.59 Å². The Kier molecular flexibility index (Phi) is 5.39. The van der Waals surface area contributed by atoms with Crippen LogP contribution in [0.4, 0.5) is 0 Å². The molecule has 1 aliphatic rings. The molecule has 0 unspecified atom stereocenters. The number of rotatable bonds is 5. The van der Waals surface area contributed by atoms with E-state index in [4.69, 9.17) is 0 Å². The van der Waals surface area contributed by atoms with E-state index in [2.05, 4.69) is 11.8 Å². The number of carbonyl (C=O) groups excluding carboxylic acids is 2. The largest absolute Gasteiger partial charge is 0.299 e. The minimum absolute atomic E-state index is 0.0749. The first-order valence-electron chi connectivity index (χ1n) is 8.30. The third-order valence-corrected chi connectivity index (χ3v) is 4.09. The van der Waals surface area contributed by atoms with Crippen LogP contribution in [-0.4, -0.2) is 11.6 Å². The maximum atomic E-state index is 12.1. The van der Waals surface area contributed by atoms with Crippen LogP contribution in [0.1, 0.15) is 27.9 Å². The highest BCUT2D eigenvalue weighted by molar-refractivity contribution is 6.09. The van der Waals surface area contributed by atoms with Crippen LogP contribution >= 0.6 is 0 Å². The van der Waals surface area contributed by atoms with Crippen LogP contribution in [-0.2, 0) is 11.2 Å². The van der Waals surface area contributed by atoms with E-state index in [0.29, 0.717) is 18.4 Å². The summed E-state index contributed by atoms with van der Waals surface area (Å²) in [5.74, 6) is 5.48. The van der Waals surface area contributed by atoms with E-state index >= 15 is 0 Å². The summed E-state index contributed by atoms with van der Waals surface area (Å²) in [5.41, 5.74) is 2.44. The van der Waals surface area contributed by atoms with Gasteiger partial charge in [-0.05, 0) is 30.0 Å². The first-order chi connectivity index (χ1) is 12.2. The summed E-state index contributed by atoms with van der Waals surface area (Å²) in [6, 6.07) is 16.8. The van der Waals surface area contributed by atoms with Crippen molar-refractivity contribution in [3.63, 3.8) is 0 Å². The molecule has 122 valence electrons. The molecule has 0 bridgehead atoms. The van der Waals surface area contributed by atoms with Crippen LogP contribution in [0.15, 0.2) is 78.9 Å². The van der Waals surface area contributed by atoms with Gasteiger partial charge in [0.25, 0.3) is 0 Å². The van der Waals surface area contributed by atoms with Gasteiger partial charge in [-0.1, -0.05) is 72.7 Å². The Labute approximate surface area is 147 Å². The van der Waals surface area contributed by atoms with E-state index < -0.39 is 0 Å². The minimum atomic E-state index is -0.201. The van der Waals surface area contributed by atoms with Crippen molar-refractivity contribution in [3.8, 4) is 11.8 Å². The third-order valence-electron chi connectivity index (χ3n) is 4.09. The standard InChI is InChI=1S/C23H18O2/c24-22(20-8-4-5-9-20)17-13-19-10-14-21(15-11-19)23(25)16-12-18-6-2-1-3-7-18/h1-11,14-15,20H,13,17H2. The molecule has 0 saturated heterocycles. The van der Waals surface area contributed by atoms with Gasteiger partial charge in [-0.2, -0.15) is 0 Å². The molecule has 0 heterocycles. The van der Waals surface area contributed by atoms with E-state index in [1.54, 1.807) is 12.1 Å². The summed E-state index contributed by atoms with van der Waals surface area (Å²) < 4.78 is 0. The van der Waals surface area contributed by atoms with Crippen molar-refractivity contribution in [2.75, 3.05) is 0 Å². The van der Waals surface area contributed by atoms with Crippen molar-refractivity contribution in [2.24, 2.45) is 5.92 Å². The molecule has 2 aromatic rings. The van der Waals surface area contributed by atoms with Crippen LogP contribution in [0.2, 0.25) is 0 Å². The Morgan fingerprint density at radius 2 is 1.56 bits per heavy atom. The van der Waals surface area contributed by atoms with Gasteiger partial charge in [-0.3, -0.25) is 9.59 Å². The second kappa shape index (κ2) is 8.08. The molecular weight excluding hydrogens is 308 g/mol. The van der Waals surface area contributed by atoms with Gasteiger partial charge in [-0.15, -0.1) is 0 Å². The van der Waals surface area contributed by atoms with E-state index in [1.807, 2.05) is 66.8 Å². The summed E-state index contributed by atoms with van der Waals surface area (Å²) in [4.78, 5) is 24.2. The highest BCUT2D eigenvalue weighted by atomic mass is 16.1. The number of aryl methyl sites for hydroxylation is 1. The number of Topliss-reactive ketones (excluding diaryl/α,β-unsaturated/α-hetero) is 2. The molecule has 2 heteroatoms. The SMILES string of the molecule is O=C(C#Cc1ccccc1)c1ccc(CCC(=O)C2C=CC=C2)cc1. The number of carbonyl (C=O) groups is 2. The van der Waals surface area contributed by atoms with Crippen LogP contribution < -0.4 is 0 Å². The second-order valence-electron chi connectivity index (χ2n) is 5.90. The quantitative estimate of drug-likeness (QED) is 0.610. The van der Waals surface area contributed by atoms with Crippen molar-refractivity contribution < 1.29 is 9.59 Å². The van der Waals surface area contributed by atoms with Gasteiger partial charge in [-0.25, -0.2) is 0 Å². The molecule has 0 aromatic heterocycles. The normalized spacial score (nSPS) is 12.6. The van der Waals surface area contributed by atoms with Gasteiger partial charge in [0.2, 0.25) is 5.78 Å². The fourth-order valence-electron chi connectivity index (χ4n) is 2.63. The first kappa shape index (κ1) is 16.7. The van der Waals surface area contributed by atoms with Gasteiger partial charge in [0.15, 0.2) is 0 Å². The predicted molar refractivity (Wildman–Crippen MR) is 99.2 cm³/mol. The molecule has 2 aromatic carbocycles. The van der Waals surface area contributed by atoms with Gasteiger partial charge in [0.05, 0.1) is 5.92 Å². The summed E-state index contributed by atoms with van der Waals surface area (Å²) in [6.07, 6.45) is 8.81. The van der Waals surface area contributed by atoms with E-state index in [-0.39, 0.29) is 17.5 Å². The molecule has 3 rings (SSSR count). The van der Waals surface area contributed by atoms with Gasteiger partial charge in [0.1, 0.15) is 5.78 Å². The zero-order valence-corrected chi connectivity index (χ0v) is 13.8. The molecule has 0 saturated carbocycles. The lowest BCUT2D eigenvalue weighted by Gasteiger charge is -2.05. The number of hydrogen-bond donors (Lipinski definition) is 0. The lowest BCUT2D eigenvalue weighted by molar-refractivity contribution is -0.120.